The van der Waals surface area contributed by atoms with Crippen molar-refractivity contribution < 1.29 is 9.29 Å². The molecule has 1 fully saturated rings. The van der Waals surface area contributed by atoms with Crippen molar-refractivity contribution in [2.24, 2.45) is 0 Å². The minimum Gasteiger partial charge on any atom is -0.369 e. The lowest BCUT2D eigenvalue weighted by Crippen LogP contribution is -2.21. The number of hydrogen-bond acceptors (Lipinski definition) is 8. The maximum atomic E-state index is 12.1. The third kappa shape index (κ3) is 3.94. The molecule has 0 radical (unpaired) electrons. The van der Waals surface area contributed by atoms with Crippen molar-refractivity contribution in [2.75, 3.05) is 12.0 Å². The van der Waals surface area contributed by atoms with Crippen LogP contribution in [0.4, 0.5) is 5.95 Å². The summed E-state index contributed by atoms with van der Waals surface area (Å²) >= 11 is 1.63. The molecule has 1 aliphatic heterocycles. The summed E-state index contributed by atoms with van der Waals surface area (Å²) < 4.78 is 15.1. The van der Waals surface area contributed by atoms with Crippen LogP contribution in [0.3, 0.4) is 0 Å². The zero-order valence-corrected chi connectivity index (χ0v) is 14.6. The predicted molar refractivity (Wildman–Crippen MR) is 93.1 cm³/mol. The molecule has 23 heavy (non-hydrogen) atoms. The summed E-state index contributed by atoms with van der Waals surface area (Å²) in [5.41, 5.74) is 5.50. The van der Waals surface area contributed by atoms with Gasteiger partial charge in [-0.05, 0) is 31.3 Å². The Bertz CT molecular complexity index is 769. The Hall–Kier alpha value is -1.36. The number of thiazole rings is 1. The van der Waals surface area contributed by atoms with E-state index in [0.29, 0.717) is 10.3 Å². The lowest BCUT2D eigenvalue weighted by atomic mass is 10.1. The number of H-pyrrole nitrogens is 1. The first-order valence-corrected chi connectivity index (χ1v) is 9.25. The summed E-state index contributed by atoms with van der Waals surface area (Å²) in [5, 5.41) is 0. The van der Waals surface area contributed by atoms with Gasteiger partial charge in [0.25, 0.3) is 5.56 Å². The molecule has 3 rings (SSSR count). The van der Waals surface area contributed by atoms with Crippen LogP contribution >= 0.6 is 23.4 Å². The fourth-order valence-electron chi connectivity index (χ4n) is 2.61. The Morgan fingerprint density at radius 2 is 2.22 bits per heavy atom. The van der Waals surface area contributed by atoms with Gasteiger partial charge >= 0.3 is 4.87 Å². The molecule has 0 bridgehead atoms. The van der Waals surface area contributed by atoms with Gasteiger partial charge in [0.1, 0.15) is 10.9 Å². The van der Waals surface area contributed by atoms with Crippen molar-refractivity contribution in [3.8, 4) is 0 Å². The van der Waals surface area contributed by atoms with Crippen molar-refractivity contribution in [2.45, 2.75) is 44.9 Å². The number of hydrogen-bond donors (Lipinski definition) is 3. The van der Waals surface area contributed by atoms with Crippen LogP contribution in [0.5, 0.6) is 0 Å². The second kappa shape index (κ2) is 7.95. The summed E-state index contributed by atoms with van der Waals surface area (Å²) in [6, 6.07) is 0. The number of ether oxygens (including phenoxy) is 1. The molecule has 2 aromatic heterocycles. The van der Waals surface area contributed by atoms with Crippen LogP contribution < -0.4 is 16.2 Å². The highest BCUT2D eigenvalue weighted by Gasteiger charge is 2.29. The monoisotopic (exact) mass is 360 g/mol. The highest BCUT2D eigenvalue weighted by atomic mass is 32.2. The molecular weight excluding hydrogens is 340 g/mol. The topological polar surface area (TPSA) is 123 Å². The summed E-state index contributed by atoms with van der Waals surface area (Å²) in [6.07, 6.45) is 5.12. The minimum absolute atomic E-state index is 0.0113. The fourth-order valence-corrected chi connectivity index (χ4v) is 3.47. The number of aromatic amines is 1. The summed E-state index contributed by atoms with van der Waals surface area (Å²) in [4.78, 5) is 30.2. The summed E-state index contributed by atoms with van der Waals surface area (Å²) in [7, 11) is 0. The highest BCUT2D eigenvalue weighted by Crippen LogP contribution is 2.31. The van der Waals surface area contributed by atoms with E-state index in [0.717, 1.165) is 49.1 Å². The molecule has 0 aliphatic carbocycles. The van der Waals surface area contributed by atoms with Crippen molar-refractivity contribution in [1.29, 1.82) is 0 Å². The number of aromatic nitrogens is 3. The quantitative estimate of drug-likeness (QED) is 0.715. The third-order valence-electron chi connectivity index (χ3n) is 3.48. The molecule has 3 heterocycles. The molecule has 2 unspecified atom stereocenters. The van der Waals surface area contributed by atoms with Crippen LogP contribution in [0.25, 0.3) is 10.3 Å². The van der Waals surface area contributed by atoms with Crippen LogP contribution in [0.1, 0.15) is 38.8 Å². The number of nitrogens with zero attached hydrogens (tertiary/aromatic N) is 2. The molecule has 10 heteroatoms. The van der Waals surface area contributed by atoms with E-state index in [9.17, 15) is 9.59 Å². The van der Waals surface area contributed by atoms with E-state index in [1.54, 1.807) is 6.26 Å². The number of anilines is 1. The van der Waals surface area contributed by atoms with Gasteiger partial charge in [0.15, 0.2) is 5.65 Å². The average Bonchev–Trinajstić information content (AvgIpc) is 3.04. The van der Waals surface area contributed by atoms with E-state index in [4.69, 9.17) is 15.0 Å². The van der Waals surface area contributed by atoms with Crippen molar-refractivity contribution in [1.82, 2.24) is 14.5 Å². The van der Waals surface area contributed by atoms with Gasteiger partial charge < -0.3 is 15.0 Å². The van der Waals surface area contributed by atoms with Gasteiger partial charge in [-0.1, -0.05) is 24.7 Å². The van der Waals surface area contributed by atoms with E-state index >= 15 is 0 Å². The maximum Gasteiger partial charge on any atom is 0.311 e. The molecule has 1 aliphatic rings. The third-order valence-corrected chi connectivity index (χ3v) is 4.42. The van der Waals surface area contributed by atoms with Crippen LogP contribution in [-0.4, -0.2) is 31.4 Å². The number of fused-ring (bicyclic) bond motifs is 1. The van der Waals surface area contributed by atoms with Crippen molar-refractivity contribution in [3.05, 3.63) is 20.0 Å². The van der Waals surface area contributed by atoms with E-state index in [-0.39, 0.29) is 28.7 Å². The number of nitrogens with one attached hydrogen (secondary N) is 1. The molecule has 8 nitrogen and oxygen atoms in total. The largest absolute Gasteiger partial charge is 0.369 e. The van der Waals surface area contributed by atoms with Crippen LogP contribution in [0, 0.1) is 0 Å². The smallest absolute Gasteiger partial charge is 0.311 e. The van der Waals surface area contributed by atoms with Gasteiger partial charge in [0.2, 0.25) is 5.95 Å². The van der Waals surface area contributed by atoms with Gasteiger partial charge in [0, 0.05) is 6.26 Å². The van der Waals surface area contributed by atoms with Gasteiger partial charge in [-0.15, -0.1) is 0 Å². The van der Waals surface area contributed by atoms with Crippen LogP contribution in [0.15, 0.2) is 9.59 Å². The SMILES string of the molecule is CCCC1CCC(n2c(=O)sc3c(=O)[nH]c(N)nc32)O1.CSO. The maximum absolute atomic E-state index is 12.1. The minimum atomic E-state index is -0.378. The Morgan fingerprint density at radius 1 is 1.52 bits per heavy atom. The second-order valence-corrected chi connectivity index (χ2v) is 6.43. The van der Waals surface area contributed by atoms with E-state index in [1.807, 2.05) is 0 Å². The Morgan fingerprint density at radius 3 is 2.87 bits per heavy atom. The van der Waals surface area contributed by atoms with E-state index in [2.05, 4.69) is 16.9 Å². The lowest BCUT2D eigenvalue weighted by Gasteiger charge is -2.14. The van der Waals surface area contributed by atoms with Crippen LogP contribution in [0.2, 0.25) is 0 Å². The van der Waals surface area contributed by atoms with Crippen LogP contribution in [-0.2, 0) is 4.74 Å². The van der Waals surface area contributed by atoms with Gasteiger partial charge in [-0.25, -0.2) is 0 Å². The first-order valence-electron chi connectivity index (χ1n) is 7.25. The standard InChI is InChI=1S/C12H16N4O3S.CH4OS/c1-2-3-6-4-5-7(19-6)16-9-8(20-12(16)18)10(17)15-11(13)14-9;1-3-2/h6-7H,2-5H2,1H3,(H3,13,14,15,17);2H,1H3. The molecule has 4 N–H and O–H groups in total. The molecule has 128 valence electrons. The Labute approximate surface area is 140 Å². The first-order chi connectivity index (χ1) is 11.0. The molecular formula is C13H20N4O4S2. The fraction of sp³-hybridized carbons (Fsp3) is 0.615. The molecule has 0 spiro atoms. The average molecular weight is 360 g/mol. The molecule has 0 aromatic carbocycles. The predicted octanol–water partition coefficient (Wildman–Crippen LogP) is 2.03. The zero-order valence-electron chi connectivity index (χ0n) is 12.9. The Kier molecular flexibility index (Phi) is 6.22. The Balaban J connectivity index is 0.000000595. The molecule has 2 atom stereocenters. The number of rotatable bonds is 3. The lowest BCUT2D eigenvalue weighted by molar-refractivity contribution is -0.000432. The first kappa shape index (κ1) is 18.0. The summed E-state index contributed by atoms with van der Waals surface area (Å²) in [5.74, 6) is 0.0113. The van der Waals surface area contributed by atoms with Gasteiger partial charge in [-0.3, -0.25) is 19.1 Å². The van der Waals surface area contributed by atoms with Crippen molar-refractivity contribution >= 4 is 39.7 Å². The summed E-state index contributed by atoms with van der Waals surface area (Å²) in [6.45, 7) is 2.10. The second-order valence-electron chi connectivity index (χ2n) is 5.10. The zero-order chi connectivity index (χ0) is 17.0. The molecule has 0 saturated carbocycles. The van der Waals surface area contributed by atoms with Crippen molar-refractivity contribution in [3.63, 3.8) is 0 Å². The molecule has 2 aromatic rings. The van der Waals surface area contributed by atoms with Gasteiger partial charge in [0.05, 0.1) is 6.10 Å². The number of nitrogen functional groups attached to an aromatic ring is 1. The van der Waals surface area contributed by atoms with E-state index < -0.39 is 0 Å². The highest BCUT2D eigenvalue weighted by molar-refractivity contribution is 7.93. The number of nitrogens with two attached hydrogens (primary N) is 1. The van der Waals surface area contributed by atoms with E-state index in [1.165, 1.54) is 4.57 Å². The molecule has 1 saturated heterocycles. The van der Waals surface area contributed by atoms with Gasteiger partial charge in [-0.2, -0.15) is 4.98 Å². The molecule has 0 amide bonds. The normalized spacial score (nSPS) is 20.5.